The average molecular weight is 387 g/mol. The van der Waals surface area contributed by atoms with E-state index in [9.17, 15) is 18.0 Å². The van der Waals surface area contributed by atoms with Crippen molar-refractivity contribution in [1.82, 2.24) is 0 Å². The van der Waals surface area contributed by atoms with Gasteiger partial charge in [0.15, 0.2) is 0 Å². The van der Waals surface area contributed by atoms with Crippen molar-refractivity contribution in [3.63, 3.8) is 0 Å². The third-order valence-corrected chi connectivity index (χ3v) is 3.74. The SMILES string of the molecule is CCOc1ccc(NCCC(=O)Nc2cc(C(F)(F)F)ccc2Cl)cc1. The zero-order valence-electron chi connectivity index (χ0n) is 14.0. The highest BCUT2D eigenvalue weighted by atomic mass is 35.5. The number of benzene rings is 2. The highest BCUT2D eigenvalue weighted by Gasteiger charge is 2.31. The Bertz CT molecular complexity index is 749. The molecular weight excluding hydrogens is 369 g/mol. The summed E-state index contributed by atoms with van der Waals surface area (Å²) in [7, 11) is 0. The number of hydrogen-bond donors (Lipinski definition) is 2. The number of ether oxygens (including phenoxy) is 1. The molecule has 2 rings (SSSR count). The van der Waals surface area contributed by atoms with E-state index in [4.69, 9.17) is 16.3 Å². The maximum Gasteiger partial charge on any atom is 0.416 e. The second-order valence-corrected chi connectivity index (χ2v) is 5.78. The molecule has 2 aromatic carbocycles. The second-order valence-electron chi connectivity index (χ2n) is 5.37. The smallest absolute Gasteiger partial charge is 0.416 e. The van der Waals surface area contributed by atoms with Gasteiger partial charge in [0.1, 0.15) is 5.75 Å². The van der Waals surface area contributed by atoms with Crippen LogP contribution < -0.4 is 15.4 Å². The third-order valence-electron chi connectivity index (χ3n) is 3.41. The van der Waals surface area contributed by atoms with E-state index in [1.165, 1.54) is 0 Å². The fraction of sp³-hybridized carbons (Fsp3) is 0.278. The predicted octanol–water partition coefficient (Wildman–Crippen LogP) is 5.20. The fourth-order valence-corrected chi connectivity index (χ4v) is 2.33. The van der Waals surface area contributed by atoms with Crippen LogP contribution in [0.5, 0.6) is 5.75 Å². The van der Waals surface area contributed by atoms with E-state index in [0.717, 1.165) is 29.6 Å². The van der Waals surface area contributed by atoms with E-state index >= 15 is 0 Å². The van der Waals surface area contributed by atoms with Crippen LogP contribution in [0.15, 0.2) is 42.5 Å². The van der Waals surface area contributed by atoms with Crippen LogP contribution in [0.1, 0.15) is 18.9 Å². The molecule has 0 saturated heterocycles. The van der Waals surface area contributed by atoms with Gasteiger partial charge in [0.2, 0.25) is 5.91 Å². The number of carbonyl (C=O) groups excluding carboxylic acids is 1. The molecule has 0 saturated carbocycles. The van der Waals surface area contributed by atoms with E-state index in [-0.39, 0.29) is 17.1 Å². The highest BCUT2D eigenvalue weighted by molar-refractivity contribution is 6.33. The summed E-state index contributed by atoms with van der Waals surface area (Å²) in [5.41, 5.74) is -0.129. The van der Waals surface area contributed by atoms with Crippen molar-refractivity contribution in [2.45, 2.75) is 19.5 Å². The molecule has 0 aromatic heterocycles. The van der Waals surface area contributed by atoms with Crippen molar-refractivity contribution in [1.29, 1.82) is 0 Å². The molecule has 8 heteroatoms. The van der Waals surface area contributed by atoms with Gasteiger partial charge in [-0.15, -0.1) is 0 Å². The molecule has 140 valence electrons. The predicted molar refractivity (Wildman–Crippen MR) is 95.8 cm³/mol. The van der Waals surface area contributed by atoms with Gasteiger partial charge in [-0.05, 0) is 49.4 Å². The van der Waals surface area contributed by atoms with Gasteiger partial charge in [-0.25, -0.2) is 0 Å². The van der Waals surface area contributed by atoms with Gasteiger partial charge < -0.3 is 15.4 Å². The van der Waals surface area contributed by atoms with Gasteiger partial charge in [-0.3, -0.25) is 4.79 Å². The Kier molecular flexibility index (Phi) is 6.74. The Morgan fingerprint density at radius 1 is 1.15 bits per heavy atom. The minimum atomic E-state index is -4.50. The molecule has 0 aliphatic heterocycles. The molecule has 0 bridgehead atoms. The van der Waals surface area contributed by atoms with Gasteiger partial charge >= 0.3 is 6.18 Å². The Morgan fingerprint density at radius 3 is 2.46 bits per heavy atom. The first-order chi connectivity index (χ1) is 12.3. The Labute approximate surface area is 154 Å². The van der Waals surface area contributed by atoms with Gasteiger partial charge in [0.25, 0.3) is 0 Å². The van der Waals surface area contributed by atoms with Crippen molar-refractivity contribution < 1.29 is 22.7 Å². The molecule has 0 radical (unpaired) electrons. The lowest BCUT2D eigenvalue weighted by molar-refractivity contribution is -0.137. The molecular formula is C18H18ClF3N2O2. The molecule has 0 unspecified atom stereocenters. The maximum atomic E-state index is 12.7. The Balaban J connectivity index is 1.87. The molecule has 0 aliphatic rings. The number of amides is 1. The first kappa shape index (κ1) is 19.9. The van der Waals surface area contributed by atoms with Crippen LogP contribution in [0.25, 0.3) is 0 Å². The molecule has 0 fully saturated rings. The zero-order chi connectivity index (χ0) is 19.2. The number of carbonyl (C=O) groups is 1. The zero-order valence-corrected chi connectivity index (χ0v) is 14.7. The van der Waals surface area contributed by atoms with Crippen LogP contribution in [-0.2, 0) is 11.0 Å². The molecule has 0 spiro atoms. The molecule has 0 atom stereocenters. The van der Waals surface area contributed by atoms with Crippen molar-refractivity contribution in [3.8, 4) is 5.75 Å². The van der Waals surface area contributed by atoms with Crippen LogP contribution >= 0.6 is 11.6 Å². The molecule has 26 heavy (non-hydrogen) atoms. The van der Waals surface area contributed by atoms with Crippen molar-refractivity contribution in [3.05, 3.63) is 53.1 Å². The molecule has 2 aromatic rings. The summed E-state index contributed by atoms with van der Waals surface area (Å²) in [6.45, 7) is 2.78. The lowest BCUT2D eigenvalue weighted by Gasteiger charge is -2.12. The van der Waals surface area contributed by atoms with E-state index in [1.54, 1.807) is 12.1 Å². The summed E-state index contributed by atoms with van der Waals surface area (Å²) in [5, 5.41) is 5.50. The van der Waals surface area contributed by atoms with Crippen molar-refractivity contribution >= 4 is 28.9 Å². The number of hydrogen-bond acceptors (Lipinski definition) is 3. The second kappa shape index (κ2) is 8.80. The van der Waals surface area contributed by atoms with Gasteiger partial charge in [0, 0.05) is 18.7 Å². The Morgan fingerprint density at radius 2 is 1.85 bits per heavy atom. The minimum Gasteiger partial charge on any atom is -0.494 e. The standard InChI is InChI=1S/C18H18ClF3N2O2/c1-2-26-14-6-4-13(5-7-14)23-10-9-17(25)24-16-11-12(18(20,21)22)3-8-15(16)19/h3-8,11,23H,2,9-10H2,1H3,(H,24,25). The maximum absolute atomic E-state index is 12.7. The lowest BCUT2D eigenvalue weighted by Crippen LogP contribution is -2.17. The summed E-state index contributed by atoms with van der Waals surface area (Å²) in [4.78, 5) is 11.9. The van der Waals surface area contributed by atoms with Crippen LogP contribution in [0, 0.1) is 0 Å². The quantitative estimate of drug-likeness (QED) is 0.687. The number of halogens is 4. The van der Waals surface area contributed by atoms with E-state index in [1.807, 2.05) is 19.1 Å². The van der Waals surface area contributed by atoms with Gasteiger partial charge in [0.05, 0.1) is 22.9 Å². The average Bonchev–Trinajstić information content (AvgIpc) is 2.58. The lowest BCUT2D eigenvalue weighted by atomic mass is 10.2. The summed E-state index contributed by atoms with van der Waals surface area (Å²) >= 11 is 5.85. The minimum absolute atomic E-state index is 0.0471. The first-order valence-electron chi connectivity index (χ1n) is 7.93. The third kappa shape index (κ3) is 5.84. The van der Waals surface area contributed by atoms with E-state index < -0.39 is 17.6 Å². The highest BCUT2D eigenvalue weighted by Crippen LogP contribution is 2.33. The molecule has 0 aliphatic carbocycles. The normalized spacial score (nSPS) is 11.1. The molecule has 1 amide bonds. The monoisotopic (exact) mass is 386 g/mol. The molecule has 2 N–H and O–H groups in total. The van der Waals surface area contributed by atoms with Crippen LogP contribution in [0.4, 0.5) is 24.5 Å². The summed E-state index contributed by atoms with van der Waals surface area (Å²) in [5.74, 6) is 0.305. The fourth-order valence-electron chi connectivity index (χ4n) is 2.17. The largest absolute Gasteiger partial charge is 0.494 e. The van der Waals surface area contributed by atoms with Crippen LogP contribution in [0.2, 0.25) is 5.02 Å². The number of alkyl halides is 3. The van der Waals surface area contributed by atoms with Gasteiger partial charge in [-0.1, -0.05) is 11.6 Å². The van der Waals surface area contributed by atoms with E-state index in [0.29, 0.717) is 13.2 Å². The summed E-state index contributed by atoms with van der Waals surface area (Å²) < 4.78 is 43.5. The van der Waals surface area contributed by atoms with Crippen molar-refractivity contribution in [2.75, 3.05) is 23.8 Å². The number of rotatable bonds is 7. The van der Waals surface area contributed by atoms with Crippen LogP contribution in [0.3, 0.4) is 0 Å². The molecule has 0 heterocycles. The van der Waals surface area contributed by atoms with E-state index in [2.05, 4.69) is 10.6 Å². The number of nitrogens with one attached hydrogen (secondary N) is 2. The number of anilines is 2. The summed E-state index contributed by atoms with van der Waals surface area (Å²) in [6.07, 6.45) is -4.43. The summed E-state index contributed by atoms with van der Waals surface area (Å²) in [6, 6.07) is 10.0. The van der Waals surface area contributed by atoms with Crippen LogP contribution in [-0.4, -0.2) is 19.1 Å². The van der Waals surface area contributed by atoms with Gasteiger partial charge in [-0.2, -0.15) is 13.2 Å². The topological polar surface area (TPSA) is 50.4 Å². The Hall–Kier alpha value is -2.41. The first-order valence-corrected chi connectivity index (χ1v) is 8.30. The van der Waals surface area contributed by atoms with Crippen molar-refractivity contribution in [2.24, 2.45) is 0 Å². The molecule has 4 nitrogen and oxygen atoms in total.